The SMILES string of the molecule is C=C1[C@H]2CCc3cc(C(C)C)c(OC)cc3[C@H]2[C@@H](C)C[C@@H]1C. The fraction of sp³-hybridized carbons (Fsp3) is 0.619. The quantitative estimate of drug-likeness (QED) is 0.637. The van der Waals surface area contributed by atoms with Crippen molar-refractivity contribution in [2.45, 2.75) is 58.8 Å². The summed E-state index contributed by atoms with van der Waals surface area (Å²) in [5.41, 5.74) is 5.94. The lowest BCUT2D eigenvalue weighted by atomic mass is 9.59. The Morgan fingerprint density at radius 1 is 1.23 bits per heavy atom. The van der Waals surface area contributed by atoms with Crippen LogP contribution in [0.3, 0.4) is 0 Å². The third kappa shape index (κ3) is 2.39. The van der Waals surface area contributed by atoms with Gasteiger partial charge in [-0.05, 0) is 71.6 Å². The molecule has 0 heterocycles. The van der Waals surface area contributed by atoms with Crippen LogP contribution in [0.4, 0.5) is 0 Å². The van der Waals surface area contributed by atoms with E-state index in [1.165, 1.54) is 36.0 Å². The lowest BCUT2D eigenvalue weighted by Gasteiger charge is -2.45. The molecule has 0 unspecified atom stereocenters. The molecule has 1 fully saturated rings. The highest BCUT2D eigenvalue weighted by Gasteiger charge is 2.40. The van der Waals surface area contributed by atoms with Gasteiger partial charge in [-0.15, -0.1) is 0 Å². The van der Waals surface area contributed by atoms with E-state index in [2.05, 4.69) is 46.4 Å². The number of fused-ring (bicyclic) bond motifs is 3. The number of allylic oxidation sites excluding steroid dienone is 1. The van der Waals surface area contributed by atoms with E-state index in [1.54, 1.807) is 12.7 Å². The minimum atomic E-state index is 0.511. The van der Waals surface area contributed by atoms with Crippen molar-refractivity contribution in [1.29, 1.82) is 0 Å². The molecule has 0 amide bonds. The normalized spacial score (nSPS) is 30.9. The van der Waals surface area contributed by atoms with Crippen molar-refractivity contribution in [3.8, 4) is 5.75 Å². The molecule has 120 valence electrons. The molecular weight excluding hydrogens is 268 g/mol. The van der Waals surface area contributed by atoms with Gasteiger partial charge in [0.15, 0.2) is 0 Å². The van der Waals surface area contributed by atoms with Gasteiger partial charge in [0.05, 0.1) is 7.11 Å². The summed E-state index contributed by atoms with van der Waals surface area (Å²) in [5.74, 6) is 4.31. The highest BCUT2D eigenvalue weighted by atomic mass is 16.5. The predicted octanol–water partition coefficient (Wildman–Crippen LogP) is 5.70. The summed E-state index contributed by atoms with van der Waals surface area (Å²) in [6, 6.07) is 4.77. The molecule has 1 heteroatoms. The Morgan fingerprint density at radius 2 is 1.95 bits per heavy atom. The van der Waals surface area contributed by atoms with E-state index >= 15 is 0 Å². The molecule has 0 aliphatic heterocycles. The third-order valence-corrected chi connectivity index (χ3v) is 6.08. The van der Waals surface area contributed by atoms with E-state index in [-0.39, 0.29) is 0 Å². The molecule has 0 spiro atoms. The average molecular weight is 298 g/mol. The molecule has 0 aromatic heterocycles. The van der Waals surface area contributed by atoms with Crippen molar-refractivity contribution in [3.05, 3.63) is 41.0 Å². The summed E-state index contributed by atoms with van der Waals surface area (Å²) in [6.07, 6.45) is 3.74. The Bertz CT molecular complexity index is 584. The fourth-order valence-corrected chi connectivity index (χ4v) is 4.86. The fourth-order valence-electron chi connectivity index (χ4n) is 4.86. The maximum Gasteiger partial charge on any atom is 0.122 e. The first-order valence-electron chi connectivity index (χ1n) is 8.83. The summed E-state index contributed by atoms with van der Waals surface area (Å²) in [7, 11) is 1.80. The zero-order valence-electron chi connectivity index (χ0n) is 14.8. The van der Waals surface area contributed by atoms with Crippen molar-refractivity contribution in [2.24, 2.45) is 17.8 Å². The molecule has 22 heavy (non-hydrogen) atoms. The van der Waals surface area contributed by atoms with E-state index in [0.29, 0.717) is 23.7 Å². The van der Waals surface area contributed by atoms with Crippen LogP contribution >= 0.6 is 0 Å². The van der Waals surface area contributed by atoms with Gasteiger partial charge in [0.25, 0.3) is 0 Å². The van der Waals surface area contributed by atoms with Crippen LogP contribution in [-0.2, 0) is 6.42 Å². The third-order valence-electron chi connectivity index (χ3n) is 6.08. The van der Waals surface area contributed by atoms with Crippen molar-refractivity contribution in [3.63, 3.8) is 0 Å². The van der Waals surface area contributed by atoms with E-state index in [1.807, 2.05) is 0 Å². The molecule has 1 nitrogen and oxygen atoms in total. The minimum Gasteiger partial charge on any atom is -0.496 e. The predicted molar refractivity (Wildman–Crippen MR) is 93.7 cm³/mol. The smallest absolute Gasteiger partial charge is 0.122 e. The first-order chi connectivity index (χ1) is 10.4. The number of rotatable bonds is 2. The molecule has 0 radical (unpaired) electrons. The Kier molecular flexibility index (Phi) is 4.09. The molecule has 0 bridgehead atoms. The second-order valence-electron chi connectivity index (χ2n) is 7.81. The topological polar surface area (TPSA) is 9.23 Å². The van der Waals surface area contributed by atoms with Crippen LogP contribution in [0, 0.1) is 17.8 Å². The van der Waals surface area contributed by atoms with Crippen LogP contribution in [0.25, 0.3) is 0 Å². The van der Waals surface area contributed by atoms with E-state index in [9.17, 15) is 0 Å². The Labute approximate surface area is 135 Å². The first-order valence-corrected chi connectivity index (χ1v) is 8.83. The van der Waals surface area contributed by atoms with Crippen molar-refractivity contribution in [1.82, 2.24) is 0 Å². The molecule has 1 aromatic rings. The number of hydrogen-bond acceptors (Lipinski definition) is 1. The summed E-state index contributed by atoms with van der Waals surface area (Å²) in [6.45, 7) is 13.7. The van der Waals surface area contributed by atoms with Gasteiger partial charge in [0, 0.05) is 0 Å². The van der Waals surface area contributed by atoms with E-state index in [4.69, 9.17) is 4.74 Å². The average Bonchev–Trinajstić information content (AvgIpc) is 2.50. The van der Waals surface area contributed by atoms with E-state index in [0.717, 1.165) is 11.7 Å². The molecule has 4 atom stereocenters. The van der Waals surface area contributed by atoms with Gasteiger partial charge in [0.2, 0.25) is 0 Å². The number of methoxy groups -OCH3 is 1. The van der Waals surface area contributed by atoms with E-state index < -0.39 is 0 Å². The monoisotopic (exact) mass is 298 g/mol. The van der Waals surface area contributed by atoms with Crippen LogP contribution in [0.15, 0.2) is 24.3 Å². The number of ether oxygens (including phenoxy) is 1. The summed E-state index contributed by atoms with van der Waals surface area (Å²) < 4.78 is 5.71. The first kappa shape index (κ1) is 15.6. The molecule has 2 aliphatic carbocycles. The lowest BCUT2D eigenvalue weighted by Crippen LogP contribution is -2.34. The Balaban J connectivity index is 2.08. The van der Waals surface area contributed by atoms with Gasteiger partial charge in [0.1, 0.15) is 5.75 Å². The summed E-state index contributed by atoms with van der Waals surface area (Å²) in [4.78, 5) is 0. The highest BCUT2D eigenvalue weighted by Crippen LogP contribution is 2.52. The molecule has 2 aliphatic rings. The molecule has 0 N–H and O–H groups in total. The van der Waals surface area contributed by atoms with Gasteiger partial charge in [-0.1, -0.05) is 45.9 Å². The maximum absolute atomic E-state index is 5.71. The van der Waals surface area contributed by atoms with Crippen LogP contribution < -0.4 is 4.74 Å². The number of benzene rings is 1. The minimum absolute atomic E-state index is 0.511. The van der Waals surface area contributed by atoms with Gasteiger partial charge in [-0.3, -0.25) is 0 Å². The van der Waals surface area contributed by atoms with Crippen LogP contribution in [0.1, 0.15) is 69.1 Å². The maximum atomic E-state index is 5.71. The zero-order chi connectivity index (χ0) is 16.0. The highest BCUT2D eigenvalue weighted by molar-refractivity contribution is 5.48. The standard InChI is InChI=1S/C21H30O/c1-12(2)18-10-16-7-8-17-15(5)13(3)9-14(4)21(17)19(16)11-20(18)22-6/h10-14,17,21H,5,7-9H2,1-4,6H3/t13-,14-,17+,21-/m0/s1. The molecule has 1 saturated carbocycles. The largest absolute Gasteiger partial charge is 0.496 e. The lowest BCUT2D eigenvalue weighted by molar-refractivity contribution is 0.229. The molecule has 1 aromatic carbocycles. The molecular formula is C21H30O. The Morgan fingerprint density at radius 3 is 2.59 bits per heavy atom. The number of aryl methyl sites for hydroxylation is 1. The molecule has 3 rings (SSSR count). The van der Waals surface area contributed by atoms with Crippen LogP contribution in [-0.4, -0.2) is 7.11 Å². The van der Waals surface area contributed by atoms with Crippen LogP contribution in [0.2, 0.25) is 0 Å². The second-order valence-corrected chi connectivity index (χ2v) is 7.81. The van der Waals surface area contributed by atoms with Crippen molar-refractivity contribution < 1.29 is 4.74 Å². The van der Waals surface area contributed by atoms with Crippen LogP contribution in [0.5, 0.6) is 5.75 Å². The van der Waals surface area contributed by atoms with Gasteiger partial charge >= 0.3 is 0 Å². The van der Waals surface area contributed by atoms with Gasteiger partial charge < -0.3 is 4.74 Å². The van der Waals surface area contributed by atoms with Gasteiger partial charge in [-0.25, -0.2) is 0 Å². The van der Waals surface area contributed by atoms with Crippen molar-refractivity contribution >= 4 is 0 Å². The van der Waals surface area contributed by atoms with Crippen molar-refractivity contribution in [2.75, 3.05) is 7.11 Å². The molecule has 0 saturated heterocycles. The Hall–Kier alpha value is -1.24. The zero-order valence-corrected chi connectivity index (χ0v) is 14.8. The van der Waals surface area contributed by atoms with Gasteiger partial charge in [-0.2, -0.15) is 0 Å². The summed E-state index contributed by atoms with van der Waals surface area (Å²) in [5, 5.41) is 0. The number of hydrogen-bond donors (Lipinski definition) is 0. The summed E-state index contributed by atoms with van der Waals surface area (Å²) >= 11 is 0. The second kappa shape index (κ2) is 5.76.